The Morgan fingerprint density at radius 3 is 2.59 bits per heavy atom. The zero-order valence-electron chi connectivity index (χ0n) is 18.6. The predicted octanol–water partition coefficient (Wildman–Crippen LogP) is 2.82. The normalized spacial score (nSPS) is 15.0. The number of hydrogen-bond donors (Lipinski definition) is 2. The zero-order chi connectivity index (χ0) is 22.4. The molecule has 1 amide bonds. The molecule has 166 valence electrons. The van der Waals surface area contributed by atoms with Gasteiger partial charge < -0.3 is 20.9 Å². The topological polar surface area (TPSA) is 91.8 Å². The average Bonchev–Trinajstić information content (AvgIpc) is 3.33. The van der Waals surface area contributed by atoms with Crippen LogP contribution in [0.4, 0.5) is 11.4 Å². The third-order valence-electron chi connectivity index (χ3n) is 6.06. The highest BCUT2D eigenvalue weighted by atomic mass is 32.1. The van der Waals surface area contributed by atoms with Gasteiger partial charge in [-0.3, -0.25) is 4.79 Å². The van der Waals surface area contributed by atoms with Crippen LogP contribution in [0.15, 0.2) is 30.3 Å². The number of thiophene rings is 1. The summed E-state index contributed by atoms with van der Waals surface area (Å²) in [7, 11) is 2.16. The van der Waals surface area contributed by atoms with Crippen LogP contribution in [-0.2, 0) is 6.54 Å². The molecule has 32 heavy (non-hydrogen) atoms. The van der Waals surface area contributed by atoms with Gasteiger partial charge in [-0.1, -0.05) is 12.1 Å². The fraction of sp³-hybridized carbons (Fsp3) is 0.348. The molecule has 5 rings (SSSR count). The number of amides is 1. The number of nitrogens with one attached hydrogen (secondary N) is 1. The van der Waals surface area contributed by atoms with Crippen molar-refractivity contribution in [1.29, 1.82) is 0 Å². The van der Waals surface area contributed by atoms with E-state index in [-0.39, 0.29) is 5.91 Å². The van der Waals surface area contributed by atoms with E-state index in [0.29, 0.717) is 22.9 Å². The number of nitrogen functional groups attached to an aromatic ring is 1. The molecular weight excluding hydrogens is 422 g/mol. The Morgan fingerprint density at radius 1 is 1.16 bits per heavy atom. The lowest BCUT2D eigenvalue weighted by atomic mass is 10.1. The van der Waals surface area contributed by atoms with Crippen LogP contribution in [0.1, 0.15) is 26.6 Å². The van der Waals surface area contributed by atoms with Crippen molar-refractivity contribution in [3.05, 3.63) is 52.2 Å². The molecule has 0 spiro atoms. The van der Waals surface area contributed by atoms with Crippen molar-refractivity contribution in [1.82, 2.24) is 24.8 Å². The van der Waals surface area contributed by atoms with Crippen molar-refractivity contribution in [2.24, 2.45) is 0 Å². The molecular formula is C23H27N7OS. The number of rotatable bonds is 4. The number of anilines is 2. The largest absolute Gasteiger partial charge is 0.397 e. The van der Waals surface area contributed by atoms with Gasteiger partial charge in [0.2, 0.25) is 0 Å². The van der Waals surface area contributed by atoms with E-state index in [9.17, 15) is 4.79 Å². The minimum absolute atomic E-state index is 0.170. The summed E-state index contributed by atoms with van der Waals surface area (Å²) < 4.78 is 1.77. The van der Waals surface area contributed by atoms with E-state index in [2.05, 4.69) is 56.5 Å². The van der Waals surface area contributed by atoms with Gasteiger partial charge in [-0.15, -0.1) is 11.3 Å². The fourth-order valence-corrected chi connectivity index (χ4v) is 5.39. The minimum Gasteiger partial charge on any atom is -0.397 e. The first-order valence-electron chi connectivity index (χ1n) is 10.8. The molecule has 3 aromatic heterocycles. The summed E-state index contributed by atoms with van der Waals surface area (Å²) in [6.07, 6.45) is 0. The van der Waals surface area contributed by atoms with E-state index in [1.54, 1.807) is 4.52 Å². The van der Waals surface area contributed by atoms with Crippen molar-refractivity contribution in [2.75, 3.05) is 43.9 Å². The number of nitrogens with two attached hydrogens (primary N) is 1. The summed E-state index contributed by atoms with van der Waals surface area (Å²) in [5, 5.41) is 8.35. The molecule has 1 aliphatic rings. The smallest absolute Gasteiger partial charge is 0.263 e. The predicted molar refractivity (Wildman–Crippen MR) is 130 cm³/mol. The van der Waals surface area contributed by atoms with E-state index >= 15 is 0 Å². The SMILES string of the molecule is Cc1nc2cc(C)c3c(N)c(C(=O)NCc4ccc(N5CCN(C)CC5)cc4)sc3n2n1. The maximum atomic E-state index is 13.0. The Balaban J connectivity index is 1.32. The Hall–Kier alpha value is -3.17. The molecule has 1 fully saturated rings. The van der Waals surface area contributed by atoms with Gasteiger partial charge in [0.25, 0.3) is 5.91 Å². The van der Waals surface area contributed by atoms with Gasteiger partial charge in [-0.25, -0.2) is 9.50 Å². The maximum Gasteiger partial charge on any atom is 0.263 e. The van der Waals surface area contributed by atoms with E-state index in [0.717, 1.165) is 53.2 Å². The first kappa shape index (κ1) is 20.7. The van der Waals surface area contributed by atoms with Crippen LogP contribution in [0.2, 0.25) is 0 Å². The zero-order valence-corrected chi connectivity index (χ0v) is 19.4. The van der Waals surface area contributed by atoms with Crippen LogP contribution in [0.25, 0.3) is 15.9 Å². The van der Waals surface area contributed by atoms with Crippen molar-refractivity contribution >= 4 is 44.5 Å². The van der Waals surface area contributed by atoms with Crippen molar-refractivity contribution in [3.8, 4) is 0 Å². The number of likely N-dealkylation sites (N-methyl/N-ethyl adjacent to an activating group) is 1. The van der Waals surface area contributed by atoms with Crippen LogP contribution >= 0.6 is 11.3 Å². The lowest BCUT2D eigenvalue weighted by molar-refractivity contribution is 0.0956. The van der Waals surface area contributed by atoms with Crippen LogP contribution in [0.3, 0.4) is 0 Å². The highest BCUT2D eigenvalue weighted by molar-refractivity contribution is 7.21. The molecule has 4 heterocycles. The van der Waals surface area contributed by atoms with Gasteiger partial charge >= 0.3 is 0 Å². The number of pyridine rings is 1. The summed E-state index contributed by atoms with van der Waals surface area (Å²) in [4.78, 5) is 23.5. The highest BCUT2D eigenvalue weighted by Gasteiger charge is 2.21. The molecule has 1 saturated heterocycles. The Labute approximate surface area is 190 Å². The summed E-state index contributed by atoms with van der Waals surface area (Å²) in [6.45, 7) is 8.52. The molecule has 0 saturated carbocycles. The number of nitrogens with zero attached hydrogens (tertiary/aromatic N) is 5. The van der Waals surface area contributed by atoms with E-state index in [4.69, 9.17) is 5.73 Å². The third kappa shape index (κ3) is 3.67. The molecule has 0 unspecified atom stereocenters. The number of piperazine rings is 1. The van der Waals surface area contributed by atoms with Crippen LogP contribution in [0.5, 0.6) is 0 Å². The lowest BCUT2D eigenvalue weighted by Gasteiger charge is -2.34. The van der Waals surface area contributed by atoms with Gasteiger partial charge in [0.15, 0.2) is 5.65 Å². The first-order chi connectivity index (χ1) is 15.4. The average molecular weight is 450 g/mol. The molecule has 8 nitrogen and oxygen atoms in total. The summed E-state index contributed by atoms with van der Waals surface area (Å²) in [5.74, 6) is 0.520. The van der Waals surface area contributed by atoms with Gasteiger partial charge in [0.05, 0.1) is 5.69 Å². The van der Waals surface area contributed by atoms with Gasteiger partial charge in [-0.05, 0) is 50.2 Å². The Morgan fingerprint density at radius 2 is 1.88 bits per heavy atom. The third-order valence-corrected chi connectivity index (χ3v) is 7.24. The maximum absolute atomic E-state index is 13.0. The molecule has 0 bridgehead atoms. The van der Waals surface area contributed by atoms with Crippen LogP contribution < -0.4 is 16.0 Å². The second kappa shape index (κ2) is 8.07. The number of aromatic nitrogens is 3. The molecule has 9 heteroatoms. The summed E-state index contributed by atoms with van der Waals surface area (Å²) >= 11 is 1.36. The minimum atomic E-state index is -0.170. The summed E-state index contributed by atoms with van der Waals surface area (Å²) in [6, 6.07) is 10.4. The fourth-order valence-electron chi connectivity index (χ4n) is 4.22. The number of aryl methyl sites for hydroxylation is 2. The van der Waals surface area contributed by atoms with Crippen molar-refractivity contribution < 1.29 is 4.79 Å². The highest BCUT2D eigenvalue weighted by Crippen LogP contribution is 2.36. The van der Waals surface area contributed by atoms with Crippen LogP contribution in [0, 0.1) is 13.8 Å². The lowest BCUT2D eigenvalue weighted by Crippen LogP contribution is -2.44. The molecule has 0 radical (unpaired) electrons. The molecule has 0 aliphatic carbocycles. The molecule has 4 aromatic rings. The summed E-state index contributed by atoms with van der Waals surface area (Å²) in [5.41, 5.74) is 10.9. The van der Waals surface area contributed by atoms with E-state index in [1.807, 2.05) is 19.9 Å². The Bertz CT molecular complexity index is 1300. The molecule has 0 atom stereocenters. The molecule has 1 aliphatic heterocycles. The Kier molecular flexibility index (Phi) is 5.22. The van der Waals surface area contributed by atoms with Crippen molar-refractivity contribution in [2.45, 2.75) is 20.4 Å². The molecule has 3 N–H and O–H groups in total. The quantitative estimate of drug-likeness (QED) is 0.498. The van der Waals surface area contributed by atoms with Gasteiger partial charge in [0.1, 0.15) is 15.5 Å². The standard InChI is InChI=1S/C23H27N7OS/c1-14-12-18-26-15(2)27-30(18)23-19(14)20(24)21(32-23)22(31)25-13-16-4-6-17(7-5-16)29-10-8-28(3)9-11-29/h4-7,12H,8-11,13,24H2,1-3H3,(H,25,31). The second-order valence-electron chi connectivity index (χ2n) is 8.42. The number of carbonyl (C=O) groups is 1. The van der Waals surface area contributed by atoms with E-state index in [1.165, 1.54) is 17.0 Å². The second-order valence-corrected chi connectivity index (χ2v) is 9.42. The van der Waals surface area contributed by atoms with Crippen molar-refractivity contribution in [3.63, 3.8) is 0 Å². The number of hydrogen-bond acceptors (Lipinski definition) is 7. The molecule has 1 aromatic carbocycles. The van der Waals surface area contributed by atoms with E-state index < -0.39 is 0 Å². The number of fused-ring (bicyclic) bond motifs is 3. The first-order valence-corrected chi connectivity index (χ1v) is 11.6. The van der Waals surface area contributed by atoms with Gasteiger partial charge in [-0.2, -0.15) is 5.10 Å². The van der Waals surface area contributed by atoms with Gasteiger partial charge in [0, 0.05) is 43.8 Å². The van der Waals surface area contributed by atoms with Crippen LogP contribution in [-0.4, -0.2) is 58.6 Å². The number of benzene rings is 1. The number of carbonyl (C=O) groups excluding carboxylic acids is 1. The monoisotopic (exact) mass is 449 g/mol.